The highest BCUT2D eigenvalue weighted by molar-refractivity contribution is 6.33. The molecular formula is C21H21ClF2N4O. The van der Waals surface area contributed by atoms with E-state index in [9.17, 15) is 13.6 Å². The van der Waals surface area contributed by atoms with Gasteiger partial charge < -0.3 is 10.2 Å². The third kappa shape index (κ3) is 4.40. The molecule has 0 aliphatic carbocycles. The first-order valence-electron chi connectivity index (χ1n) is 8.93. The summed E-state index contributed by atoms with van der Waals surface area (Å²) in [5.74, 6) is -2.13. The number of hydrogen-bond donors (Lipinski definition) is 1. The second-order valence-electron chi connectivity index (χ2n) is 7.03. The number of carbonyl (C=O) groups is 1. The quantitative estimate of drug-likeness (QED) is 0.647. The highest BCUT2D eigenvalue weighted by Gasteiger charge is 2.22. The largest absolute Gasteiger partial charge is 0.373 e. The minimum Gasteiger partial charge on any atom is -0.373 e. The number of hydrogen-bond acceptors (Lipinski definition) is 3. The van der Waals surface area contributed by atoms with Crippen molar-refractivity contribution in [1.29, 1.82) is 0 Å². The van der Waals surface area contributed by atoms with Crippen LogP contribution in [0.15, 0.2) is 36.4 Å². The van der Waals surface area contributed by atoms with E-state index in [1.807, 2.05) is 31.2 Å². The third-order valence-electron chi connectivity index (χ3n) is 4.47. The smallest absolute Gasteiger partial charge is 0.260 e. The molecule has 29 heavy (non-hydrogen) atoms. The molecule has 1 N–H and O–H groups in total. The fourth-order valence-electron chi connectivity index (χ4n) is 3.04. The molecule has 152 valence electrons. The minimum atomic E-state index is -0.775. The Morgan fingerprint density at radius 3 is 2.28 bits per heavy atom. The number of carbonyl (C=O) groups excluding carboxylic acids is 1. The van der Waals surface area contributed by atoms with Gasteiger partial charge in [0.05, 0.1) is 17.8 Å². The van der Waals surface area contributed by atoms with Gasteiger partial charge in [-0.3, -0.25) is 4.79 Å². The van der Waals surface area contributed by atoms with Gasteiger partial charge in [0.2, 0.25) is 0 Å². The number of aromatic nitrogens is 2. The van der Waals surface area contributed by atoms with Crippen molar-refractivity contribution in [3.05, 3.63) is 75.6 Å². The van der Waals surface area contributed by atoms with Gasteiger partial charge in [-0.2, -0.15) is 5.10 Å². The number of anilines is 2. The highest BCUT2D eigenvalue weighted by atomic mass is 35.5. The van der Waals surface area contributed by atoms with Crippen LogP contribution >= 0.6 is 11.6 Å². The standard InChI is InChI=1S/C21H21ClF2N4O/c1-12-5-7-14(8-6-12)11-28-20(22)18(13(2)26-28)21(29)25-15-9-16(23)19(27(3)4)17(24)10-15/h5-10H,11H2,1-4H3,(H,25,29). The molecule has 0 aliphatic heterocycles. The molecule has 0 bridgehead atoms. The van der Waals surface area contributed by atoms with Gasteiger partial charge in [-0.25, -0.2) is 13.5 Å². The van der Waals surface area contributed by atoms with Crippen LogP contribution in [0.4, 0.5) is 20.2 Å². The topological polar surface area (TPSA) is 50.2 Å². The van der Waals surface area contributed by atoms with Crippen LogP contribution < -0.4 is 10.2 Å². The Balaban J connectivity index is 1.85. The fraction of sp³-hybridized carbons (Fsp3) is 0.238. The molecule has 3 aromatic rings. The second-order valence-corrected chi connectivity index (χ2v) is 7.39. The molecule has 1 heterocycles. The van der Waals surface area contributed by atoms with Crippen molar-refractivity contribution < 1.29 is 13.6 Å². The van der Waals surface area contributed by atoms with Crippen LogP contribution in [0, 0.1) is 25.5 Å². The number of amides is 1. The monoisotopic (exact) mass is 418 g/mol. The maximum absolute atomic E-state index is 14.2. The summed E-state index contributed by atoms with van der Waals surface area (Å²) in [6.07, 6.45) is 0. The van der Waals surface area contributed by atoms with Crippen molar-refractivity contribution >= 4 is 28.9 Å². The first-order chi connectivity index (χ1) is 13.7. The molecule has 0 spiro atoms. The van der Waals surface area contributed by atoms with Crippen molar-refractivity contribution in [2.75, 3.05) is 24.3 Å². The summed E-state index contributed by atoms with van der Waals surface area (Å²) in [4.78, 5) is 14.0. The zero-order chi connectivity index (χ0) is 21.3. The maximum atomic E-state index is 14.2. The minimum absolute atomic E-state index is 0.00245. The molecule has 5 nitrogen and oxygen atoms in total. The van der Waals surface area contributed by atoms with Crippen molar-refractivity contribution in [2.24, 2.45) is 0 Å². The van der Waals surface area contributed by atoms with Crippen LogP contribution in [0.25, 0.3) is 0 Å². The number of rotatable bonds is 5. The molecule has 0 aliphatic rings. The second kappa shape index (κ2) is 8.21. The van der Waals surface area contributed by atoms with Crippen LogP contribution in [0.3, 0.4) is 0 Å². The van der Waals surface area contributed by atoms with Crippen molar-refractivity contribution in [3.8, 4) is 0 Å². The van der Waals surface area contributed by atoms with Crippen LogP contribution in [0.1, 0.15) is 27.2 Å². The lowest BCUT2D eigenvalue weighted by atomic mass is 10.1. The van der Waals surface area contributed by atoms with E-state index < -0.39 is 17.5 Å². The Morgan fingerprint density at radius 2 is 1.72 bits per heavy atom. The Hall–Kier alpha value is -2.93. The first kappa shape index (κ1) is 20.8. The van der Waals surface area contributed by atoms with E-state index in [2.05, 4.69) is 10.4 Å². The summed E-state index contributed by atoms with van der Waals surface area (Å²) in [6, 6.07) is 10.0. The Bertz CT molecular complexity index is 1040. The zero-order valence-electron chi connectivity index (χ0n) is 16.6. The first-order valence-corrected chi connectivity index (χ1v) is 9.31. The fourth-order valence-corrected chi connectivity index (χ4v) is 3.36. The molecule has 0 fully saturated rings. The molecular weight excluding hydrogens is 398 g/mol. The highest BCUT2D eigenvalue weighted by Crippen LogP contribution is 2.27. The lowest BCUT2D eigenvalue weighted by molar-refractivity contribution is 0.102. The summed E-state index contributed by atoms with van der Waals surface area (Å²) in [5.41, 5.74) is 2.52. The lowest BCUT2D eigenvalue weighted by Gasteiger charge is -2.15. The molecule has 3 rings (SSSR count). The summed E-state index contributed by atoms with van der Waals surface area (Å²) in [7, 11) is 3.07. The van der Waals surface area contributed by atoms with E-state index in [0.717, 1.165) is 23.3 Å². The Morgan fingerprint density at radius 1 is 1.14 bits per heavy atom. The predicted octanol–water partition coefficient (Wildman–Crippen LogP) is 4.80. The number of nitrogens with zero attached hydrogens (tertiary/aromatic N) is 3. The van der Waals surface area contributed by atoms with Gasteiger partial charge in [0.15, 0.2) is 11.6 Å². The lowest BCUT2D eigenvalue weighted by Crippen LogP contribution is -2.16. The Labute approximate surface area is 172 Å². The Kier molecular flexibility index (Phi) is 5.88. The van der Waals surface area contributed by atoms with Gasteiger partial charge in [0, 0.05) is 19.8 Å². The number of halogens is 3. The summed E-state index contributed by atoms with van der Waals surface area (Å²) < 4.78 is 29.9. The predicted molar refractivity (Wildman–Crippen MR) is 111 cm³/mol. The maximum Gasteiger partial charge on any atom is 0.260 e. The summed E-state index contributed by atoms with van der Waals surface area (Å²) >= 11 is 6.39. The third-order valence-corrected chi connectivity index (χ3v) is 4.85. The molecule has 8 heteroatoms. The number of benzene rings is 2. The van der Waals surface area contributed by atoms with Crippen LogP contribution in [0.5, 0.6) is 0 Å². The molecule has 0 radical (unpaired) electrons. The normalized spacial score (nSPS) is 10.9. The van der Waals surface area contributed by atoms with Gasteiger partial charge in [0.1, 0.15) is 10.8 Å². The van der Waals surface area contributed by atoms with E-state index in [0.29, 0.717) is 12.2 Å². The van der Waals surface area contributed by atoms with Gasteiger partial charge in [-0.1, -0.05) is 41.4 Å². The average molecular weight is 419 g/mol. The van der Waals surface area contributed by atoms with E-state index in [1.54, 1.807) is 6.92 Å². The van der Waals surface area contributed by atoms with Crippen LogP contribution in [-0.4, -0.2) is 29.8 Å². The molecule has 0 saturated carbocycles. The van der Waals surface area contributed by atoms with Crippen LogP contribution in [0.2, 0.25) is 5.15 Å². The van der Waals surface area contributed by atoms with Crippen molar-refractivity contribution in [3.63, 3.8) is 0 Å². The molecule has 2 aromatic carbocycles. The SMILES string of the molecule is Cc1ccc(Cn2nc(C)c(C(=O)Nc3cc(F)c(N(C)C)c(F)c3)c2Cl)cc1. The van der Waals surface area contributed by atoms with Gasteiger partial charge in [-0.15, -0.1) is 0 Å². The average Bonchev–Trinajstić information content (AvgIpc) is 2.89. The van der Waals surface area contributed by atoms with E-state index in [4.69, 9.17) is 11.6 Å². The molecule has 0 unspecified atom stereocenters. The van der Waals surface area contributed by atoms with Gasteiger partial charge >= 0.3 is 0 Å². The van der Waals surface area contributed by atoms with Crippen molar-refractivity contribution in [1.82, 2.24) is 9.78 Å². The van der Waals surface area contributed by atoms with E-state index in [-0.39, 0.29) is 22.1 Å². The van der Waals surface area contributed by atoms with Crippen molar-refractivity contribution in [2.45, 2.75) is 20.4 Å². The molecule has 1 amide bonds. The summed E-state index contributed by atoms with van der Waals surface area (Å²) in [6.45, 7) is 4.05. The zero-order valence-corrected chi connectivity index (χ0v) is 17.3. The number of nitrogens with one attached hydrogen (secondary N) is 1. The molecule has 1 aromatic heterocycles. The number of aryl methyl sites for hydroxylation is 2. The summed E-state index contributed by atoms with van der Waals surface area (Å²) in [5, 5.41) is 6.99. The van der Waals surface area contributed by atoms with Gasteiger partial charge in [0.25, 0.3) is 5.91 Å². The van der Waals surface area contributed by atoms with Crippen LogP contribution in [-0.2, 0) is 6.54 Å². The molecule has 0 saturated heterocycles. The van der Waals surface area contributed by atoms with Gasteiger partial charge in [-0.05, 0) is 31.5 Å². The van der Waals surface area contributed by atoms with E-state index in [1.165, 1.54) is 23.7 Å². The van der Waals surface area contributed by atoms with E-state index >= 15 is 0 Å². The molecule has 0 atom stereocenters.